The number of pyridine rings is 1. The standard InChI is InChI=1S/C25H23F4N7O3.C6H4ClF/c26-17-8-15(7-16(9-17)25(27,28)29)23(38)34-21-18-12-31-20(37)13-36(18)22(33-21)24(39)32-11-14-3-4-19(30-10-14)35-5-1-2-6-35;7-5-1-3-6(8)4-2-5/h3-4,7-10H,1-2,5-6,11-13H2,(H,31,37)(H,32,39)(H,34,38);1-4H. The number of hydrogen-bond acceptors (Lipinski definition) is 6. The number of alkyl halides is 3. The Kier molecular flexibility index (Phi) is 10.0. The zero-order valence-corrected chi connectivity index (χ0v) is 25.3. The zero-order chi connectivity index (χ0) is 33.7. The Morgan fingerprint density at radius 1 is 0.957 bits per heavy atom. The van der Waals surface area contributed by atoms with E-state index in [2.05, 4.69) is 30.8 Å². The SMILES string of the molecule is Fc1ccc(Cl)cc1.O=C1Cn2c(C(=O)NCc3ccc(N4CCCC4)nc3)nc(NC(=O)c3cc(F)cc(C(F)(F)F)c3)c2CN1. The van der Waals surface area contributed by atoms with Crippen molar-refractivity contribution >= 4 is 41.0 Å². The molecule has 4 heterocycles. The number of carbonyl (C=O) groups is 3. The number of nitrogens with one attached hydrogen (secondary N) is 3. The fourth-order valence-electron chi connectivity index (χ4n) is 4.90. The van der Waals surface area contributed by atoms with Crippen molar-refractivity contribution in [1.29, 1.82) is 0 Å². The van der Waals surface area contributed by atoms with E-state index < -0.39 is 40.8 Å². The van der Waals surface area contributed by atoms with Crippen molar-refractivity contribution in [3.8, 4) is 0 Å². The molecule has 2 aliphatic heterocycles. The highest BCUT2D eigenvalue weighted by molar-refractivity contribution is 6.30. The number of nitrogens with zero attached hydrogens (tertiary/aromatic N) is 4. The van der Waals surface area contributed by atoms with Gasteiger partial charge in [-0.05, 0) is 66.9 Å². The molecule has 0 radical (unpaired) electrons. The second-order valence-electron chi connectivity index (χ2n) is 10.6. The average Bonchev–Trinajstić information content (AvgIpc) is 3.70. The molecule has 246 valence electrons. The lowest BCUT2D eigenvalue weighted by Crippen LogP contribution is -2.37. The van der Waals surface area contributed by atoms with Crippen molar-refractivity contribution in [3.05, 3.63) is 106 Å². The largest absolute Gasteiger partial charge is 0.416 e. The smallest absolute Gasteiger partial charge is 0.357 e. The summed E-state index contributed by atoms with van der Waals surface area (Å²) >= 11 is 5.44. The third-order valence-corrected chi connectivity index (χ3v) is 7.50. The summed E-state index contributed by atoms with van der Waals surface area (Å²) < 4.78 is 66.4. The van der Waals surface area contributed by atoms with Gasteiger partial charge >= 0.3 is 6.18 Å². The zero-order valence-electron chi connectivity index (χ0n) is 24.5. The van der Waals surface area contributed by atoms with Crippen molar-refractivity contribution in [2.24, 2.45) is 0 Å². The van der Waals surface area contributed by atoms with Gasteiger partial charge in [0.25, 0.3) is 11.8 Å². The molecule has 3 N–H and O–H groups in total. The van der Waals surface area contributed by atoms with Crippen LogP contribution in [0.25, 0.3) is 0 Å². The van der Waals surface area contributed by atoms with Gasteiger partial charge in [0.05, 0.1) is 17.8 Å². The van der Waals surface area contributed by atoms with Gasteiger partial charge in [-0.2, -0.15) is 13.2 Å². The molecular formula is C31H27ClF5N7O3. The highest BCUT2D eigenvalue weighted by atomic mass is 35.5. The van der Waals surface area contributed by atoms with Crippen LogP contribution >= 0.6 is 11.6 Å². The molecule has 2 aromatic heterocycles. The summed E-state index contributed by atoms with van der Waals surface area (Å²) in [6.07, 6.45) is -0.969. The summed E-state index contributed by atoms with van der Waals surface area (Å²) in [7, 11) is 0. The van der Waals surface area contributed by atoms with E-state index in [0.29, 0.717) is 17.2 Å². The Morgan fingerprint density at radius 2 is 1.68 bits per heavy atom. The van der Waals surface area contributed by atoms with Crippen molar-refractivity contribution < 1.29 is 36.3 Å². The van der Waals surface area contributed by atoms with Crippen LogP contribution in [0.2, 0.25) is 5.02 Å². The fraction of sp³-hybridized carbons (Fsp3) is 0.258. The number of benzene rings is 2. The number of halogens is 6. The predicted molar refractivity (Wildman–Crippen MR) is 162 cm³/mol. The molecule has 2 aliphatic rings. The number of anilines is 2. The molecule has 0 saturated carbocycles. The molecule has 0 bridgehead atoms. The van der Waals surface area contributed by atoms with Crippen molar-refractivity contribution in [3.63, 3.8) is 0 Å². The van der Waals surface area contributed by atoms with Crippen LogP contribution in [0.3, 0.4) is 0 Å². The minimum absolute atomic E-state index is 0.0897. The van der Waals surface area contributed by atoms with Crippen LogP contribution in [0, 0.1) is 11.6 Å². The lowest BCUT2D eigenvalue weighted by Gasteiger charge is -2.18. The van der Waals surface area contributed by atoms with Crippen LogP contribution < -0.4 is 20.9 Å². The number of rotatable bonds is 6. The van der Waals surface area contributed by atoms with Crippen LogP contribution in [0.5, 0.6) is 0 Å². The first kappa shape index (κ1) is 33.3. The summed E-state index contributed by atoms with van der Waals surface area (Å²) in [5, 5.41) is 8.17. The van der Waals surface area contributed by atoms with Gasteiger partial charge in [-0.25, -0.2) is 18.7 Å². The molecule has 0 spiro atoms. The Balaban J connectivity index is 0.000000474. The summed E-state index contributed by atoms with van der Waals surface area (Å²) in [6.45, 7) is 1.66. The van der Waals surface area contributed by atoms with Gasteiger partial charge in [0, 0.05) is 36.4 Å². The van der Waals surface area contributed by atoms with E-state index in [4.69, 9.17) is 11.6 Å². The maximum absolute atomic E-state index is 13.8. The lowest BCUT2D eigenvalue weighted by atomic mass is 10.1. The van der Waals surface area contributed by atoms with E-state index in [-0.39, 0.29) is 48.9 Å². The molecule has 10 nitrogen and oxygen atoms in total. The van der Waals surface area contributed by atoms with E-state index in [1.165, 1.54) is 28.8 Å². The average molecular weight is 676 g/mol. The molecule has 1 fully saturated rings. The minimum Gasteiger partial charge on any atom is -0.357 e. The molecule has 4 aromatic rings. The van der Waals surface area contributed by atoms with Crippen LogP contribution in [0.4, 0.5) is 33.6 Å². The third kappa shape index (κ3) is 8.41. The molecule has 3 amide bonds. The van der Waals surface area contributed by atoms with Gasteiger partial charge in [0.2, 0.25) is 11.7 Å². The third-order valence-electron chi connectivity index (χ3n) is 7.25. The van der Waals surface area contributed by atoms with Gasteiger partial charge in [-0.15, -0.1) is 0 Å². The number of amides is 3. The van der Waals surface area contributed by atoms with Gasteiger partial charge in [-0.1, -0.05) is 17.7 Å². The summed E-state index contributed by atoms with van der Waals surface area (Å²) in [5.41, 5.74) is -0.915. The minimum atomic E-state index is -4.86. The van der Waals surface area contributed by atoms with E-state index in [1.807, 2.05) is 12.1 Å². The Hall–Kier alpha value is -5.05. The van der Waals surface area contributed by atoms with Crippen LogP contribution in [-0.4, -0.2) is 45.3 Å². The molecule has 0 aliphatic carbocycles. The highest BCUT2D eigenvalue weighted by Gasteiger charge is 2.33. The number of fused-ring (bicyclic) bond motifs is 1. The maximum Gasteiger partial charge on any atom is 0.416 e. The monoisotopic (exact) mass is 675 g/mol. The predicted octanol–water partition coefficient (Wildman–Crippen LogP) is 5.33. The van der Waals surface area contributed by atoms with E-state index in [9.17, 15) is 36.3 Å². The topological polar surface area (TPSA) is 121 Å². The van der Waals surface area contributed by atoms with Gasteiger partial charge in [-0.3, -0.25) is 14.4 Å². The van der Waals surface area contributed by atoms with E-state index in [1.54, 1.807) is 6.20 Å². The summed E-state index contributed by atoms with van der Waals surface area (Å²) in [6, 6.07) is 10.8. The molecular weight excluding hydrogens is 649 g/mol. The van der Waals surface area contributed by atoms with Crippen LogP contribution in [0.1, 0.15) is 50.6 Å². The van der Waals surface area contributed by atoms with Crippen molar-refractivity contribution in [2.45, 2.75) is 38.7 Å². The summed E-state index contributed by atoms with van der Waals surface area (Å²) in [4.78, 5) is 48.5. The van der Waals surface area contributed by atoms with Crippen molar-refractivity contribution in [2.75, 3.05) is 23.3 Å². The van der Waals surface area contributed by atoms with Gasteiger partial charge in [0.15, 0.2) is 5.82 Å². The molecule has 0 unspecified atom stereocenters. The Morgan fingerprint density at radius 3 is 2.32 bits per heavy atom. The molecule has 1 saturated heterocycles. The first-order valence-corrected chi connectivity index (χ1v) is 14.7. The normalized spacial score (nSPS) is 14.1. The number of hydrogen-bond donors (Lipinski definition) is 3. The Bertz CT molecular complexity index is 1750. The second-order valence-corrected chi connectivity index (χ2v) is 11.0. The van der Waals surface area contributed by atoms with E-state index in [0.717, 1.165) is 37.3 Å². The van der Waals surface area contributed by atoms with Gasteiger partial charge < -0.3 is 25.4 Å². The number of aromatic nitrogens is 3. The quantitative estimate of drug-likeness (QED) is 0.238. The van der Waals surface area contributed by atoms with E-state index >= 15 is 0 Å². The first-order valence-electron chi connectivity index (χ1n) is 14.3. The van der Waals surface area contributed by atoms with Crippen molar-refractivity contribution in [1.82, 2.24) is 25.2 Å². The first-order chi connectivity index (χ1) is 22.4. The lowest BCUT2D eigenvalue weighted by molar-refractivity contribution is -0.137. The van der Waals surface area contributed by atoms with Gasteiger partial charge in [0.1, 0.15) is 24.0 Å². The molecule has 0 atom stereocenters. The highest BCUT2D eigenvalue weighted by Crippen LogP contribution is 2.31. The maximum atomic E-state index is 13.8. The number of carbonyl (C=O) groups excluding carboxylic acids is 3. The summed E-state index contributed by atoms with van der Waals surface area (Å²) in [5.74, 6) is -3.04. The number of imidazole rings is 1. The van der Waals surface area contributed by atoms with Crippen LogP contribution in [0.15, 0.2) is 60.8 Å². The van der Waals surface area contributed by atoms with Crippen LogP contribution in [-0.2, 0) is 30.6 Å². The second kappa shape index (κ2) is 14.2. The molecule has 47 heavy (non-hydrogen) atoms. The Labute approximate surface area is 269 Å². The molecule has 2 aromatic carbocycles. The molecule has 6 rings (SSSR count). The fourth-order valence-corrected chi connectivity index (χ4v) is 5.03. The molecule has 16 heteroatoms.